The van der Waals surface area contributed by atoms with Gasteiger partial charge in [-0.05, 0) is 115 Å². The molecule has 0 amide bonds. The molecule has 2 aliphatic carbocycles. The molecule has 0 unspecified atom stereocenters. The second-order valence-electron chi connectivity index (χ2n) is 16.0. The molecule has 1 heteroatoms. The van der Waals surface area contributed by atoms with Gasteiger partial charge in [0.15, 0.2) is 0 Å². The maximum absolute atomic E-state index is 2.51. The van der Waals surface area contributed by atoms with E-state index < -0.39 is 0 Å². The van der Waals surface area contributed by atoms with Crippen molar-refractivity contribution < 1.29 is 0 Å². The molecule has 8 aromatic rings. The molecule has 0 aliphatic heterocycles. The van der Waals surface area contributed by atoms with Crippen LogP contribution in [0.3, 0.4) is 0 Å². The zero-order valence-electron chi connectivity index (χ0n) is 31.2. The highest BCUT2D eigenvalue weighted by atomic mass is 15.1. The first-order valence-electron chi connectivity index (χ1n) is 19.8. The van der Waals surface area contributed by atoms with Crippen molar-refractivity contribution in [3.05, 3.63) is 187 Å². The number of anilines is 3. The summed E-state index contributed by atoms with van der Waals surface area (Å²) in [7, 11) is 0. The second kappa shape index (κ2) is 13.2. The van der Waals surface area contributed by atoms with E-state index in [1.165, 1.54) is 115 Å². The predicted molar refractivity (Wildman–Crippen MR) is 230 cm³/mol. The smallest absolute Gasteiger partial charge is 0.0546 e. The number of hydrogen-bond acceptors (Lipinski definition) is 1. The zero-order valence-corrected chi connectivity index (χ0v) is 31.2. The van der Waals surface area contributed by atoms with E-state index in [4.69, 9.17) is 0 Å². The summed E-state index contributed by atoms with van der Waals surface area (Å²) in [6.45, 7) is 4.75. The molecule has 1 saturated carbocycles. The van der Waals surface area contributed by atoms with Gasteiger partial charge in [-0.25, -0.2) is 0 Å². The van der Waals surface area contributed by atoms with Crippen molar-refractivity contribution in [1.82, 2.24) is 0 Å². The van der Waals surface area contributed by atoms with E-state index >= 15 is 0 Å². The fraction of sp³-hybridized carbons (Fsp3) is 0.170. The van der Waals surface area contributed by atoms with Gasteiger partial charge < -0.3 is 4.90 Å². The molecule has 1 fully saturated rings. The molecule has 0 aromatic heterocycles. The first kappa shape index (κ1) is 32.7. The minimum atomic E-state index is -0.109. The highest BCUT2D eigenvalue weighted by molar-refractivity contribution is 6.11. The topological polar surface area (TPSA) is 3.24 Å². The van der Waals surface area contributed by atoms with Crippen molar-refractivity contribution in [2.75, 3.05) is 4.90 Å². The first-order chi connectivity index (χ1) is 26.5. The van der Waals surface area contributed by atoms with Crippen LogP contribution in [0.4, 0.5) is 17.1 Å². The first-order valence-corrected chi connectivity index (χ1v) is 19.8. The Morgan fingerprint density at radius 3 is 2.00 bits per heavy atom. The normalized spacial score (nSPS) is 14.9. The average molecular weight is 696 g/mol. The van der Waals surface area contributed by atoms with Gasteiger partial charge in [0.1, 0.15) is 0 Å². The van der Waals surface area contributed by atoms with Gasteiger partial charge in [-0.2, -0.15) is 0 Å². The van der Waals surface area contributed by atoms with Crippen LogP contribution in [0.2, 0.25) is 0 Å². The number of rotatable bonds is 6. The Hall–Kier alpha value is -5.92. The van der Waals surface area contributed by atoms with E-state index in [1.807, 2.05) is 0 Å². The van der Waals surface area contributed by atoms with Crippen LogP contribution in [-0.2, 0) is 5.41 Å². The molecule has 0 atom stereocenters. The Morgan fingerprint density at radius 1 is 0.463 bits per heavy atom. The lowest BCUT2D eigenvalue weighted by atomic mass is 9.82. The monoisotopic (exact) mass is 695 g/mol. The Bertz CT molecular complexity index is 2650. The van der Waals surface area contributed by atoms with E-state index in [0.29, 0.717) is 5.92 Å². The Kier molecular flexibility index (Phi) is 7.99. The summed E-state index contributed by atoms with van der Waals surface area (Å²) < 4.78 is 0. The van der Waals surface area contributed by atoms with Gasteiger partial charge in [0, 0.05) is 22.4 Å². The van der Waals surface area contributed by atoms with Crippen molar-refractivity contribution in [2.45, 2.75) is 57.3 Å². The van der Waals surface area contributed by atoms with Gasteiger partial charge in [-0.3, -0.25) is 0 Å². The molecular weight excluding hydrogens is 651 g/mol. The summed E-state index contributed by atoms with van der Waals surface area (Å²) in [5, 5.41) is 5.14. The van der Waals surface area contributed by atoms with Crippen molar-refractivity contribution in [2.24, 2.45) is 0 Å². The van der Waals surface area contributed by atoms with E-state index in [2.05, 4.69) is 189 Å². The summed E-state index contributed by atoms with van der Waals surface area (Å²) >= 11 is 0. The van der Waals surface area contributed by atoms with Crippen LogP contribution in [0.25, 0.3) is 54.9 Å². The average Bonchev–Trinajstić information content (AvgIpc) is 3.46. The highest BCUT2D eigenvalue weighted by Crippen LogP contribution is 2.52. The quantitative estimate of drug-likeness (QED) is 0.167. The van der Waals surface area contributed by atoms with E-state index in [0.717, 1.165) is 5.69 Å². The molecule has 0 bridgehead atoms. The molecule has 8 aromatic carbocycles. The molecular formula is C53H45N. The second-order valence-corrected chi connectivity index (χ2v) is 16.0. The third kappa shape index (κ3) is 5.45. The number of nitrogens with zero attached hydrogens (tertiary/aromatic N) is 1. The van der Waals surface area contributed by atoms with E-state index in [-0.39, 0.29) is 5.41 Å². The number of fused-ring (bicyclic) bond motifs is 5. The van der Waals surface area contributed by atoms with E-state index in [9.17, 15) is 0 Å². The molecule has 10 rings (SSSR count). The van der Waals surface area contributed by atoms with Gasteiger partial charge in [0.2, 0.25) is 0 Å². The van der Waals surface area contributed by atoms with E-state index in [1.54, 1.807) is 0 Å². The fourth-order valence-electron chi connectivity index (χ4n) is 9.63. The van der Waals surface area contributed by atoms with Crippen molar-refractivity contribution in [1.29, 1.82) is 0 Å². The lowest BCUT2D eigenvalue weighted by Crippen LogP contribution is -2.17. The third-order valence-electron chi connectivity index (χ3n) is 12.5. The summed E-state index contributed by atoms with van der Waals surface area (Å²) in [6, 6.07) is 63.7. The fourth-order valence-corrected chi connectivity index (χ4v) is 9.63. The van der Waals surface area contributed by atoms with Gasteiger partial charge in [0.25, 0.3) is 0 Å². The van der Waals surface area contributed by atoms with Crippen molar-refractivity contribution in [3.63, 3.8) is 0 Å². The lowest BCUT2D eigenvalue weighted by Gasteiger charge is -2.31. The highest BCUT2D eigenvalue weighted by Gasteiger charge is 2.36. The number of hydrogen-bond donors (Lipinski definition) is 0. The van der Waals surface area contributed by atoms with Crippen molar-refractivity contribution >= 4 is 38.6 Å². The predicted octanol–water partition coefficient (Wildman–Crippen LogP) is 15.2. The SMILES string of the molecule is CC1(C)c2ccccc2-c2ccc(N(c3ccc(-c4ccccc4)cc3)c3ccc4cc(C5CCCCC5)ccc4c3-c3cccc4ccccc34)cc21. The minimum absolute atomic E-state index is 0.109. The van der Waals surface area contributed by atoms with Crippen LogP contribution < -0.4 is 4.90 Å². The van der Waals surface area contributed by atoms with Crippen LogP contribution in [0.1, 0.15) is 68.6 Å². The van der Waals surface area contributed by atoms with Gasteiger partial charge in [-0.1, -0.05) is 173 Å². The zero-order chi connectivity index (χ0) is 36.2. The molecule has 0 N–H and O–H groups in total. The van der Waals surface area contributed by atoms with Gasteiger partial charge in [0.05, 0.1) is 5.69 Å². The van der Waals surface area contributed by atoms with Crippen LogP contribution in [0, 0.1) is 0 Å². The molecule has 54 heavy (non-hydrogen) atoms. The van der Waals surface area contributed by atoms with Crippen molar-refractivity contribution in [3.8, 4) is 33.4 Å². The molecule has 0 radical (unpaired) electrons. The summed E-state index contributed by atoms with van der Waals surface area (Å²) in [5.41, 5.74) is 15.3. The molecule has 1 nitrogen and oxygen atoms in total. The van der Waals surface area contributed by atoms with Crippen LogP contribution >= 0.6 is 0 Å². The standard InChI is InChI=1S/C53H45N/c1-53(2)49-23-12-11-21-46(49)47-32-30-43(35-50(47)53)54(42-28-24-38(25-29-42)36-14-5-3-6-15-36)51-33-27-41-34-40(37-16-7-4-8-17-37)26-31-45(41)52(51)48-22-13-19-39-18-9-10-20-44(39)48/h3,5-6,9-15,18-35,37H,4,7-8,16-17H2,1-2H3. The van der Waals surface area contributed by atoms with Crippen LogP contribution in [-0.4, -0.2) is 0 Å². The lowest BCUT2D eigenvalue weighted by molar-refractivity contribution is 0.444. The minimum Gasteiger partial charge on any atom is -0.310 e. The van der Waals surface area contributed by atoms with Crippen LogP contribution in [0.5, 0.6) is 0 Å². The maximum Gasteiger partial charge on any atom is 0.0546 e. The maximum atomic E-state index is 2.51. The largest absolute Gasteiger partial charge is 0.310 e. The molecule has 2 aliphatic rings. The molecule has 0 spiro atoms. The van der Waals surface area contributed by atoms with Crippen LogP contribution in [0.15, 0.2) is 170 Å². The summed E-state index contributed by atoms with van der Waals surface area (Å²) in [4.78, 5) is 2.51. The summed E-state index contributed by atoms with van der Waals surface area (Å²) in [5.74, 6) is 0.655. The summed E-state index contributed by atoms with van der Waals surface area (Å²) in [6.07, 6.45) is 6.64. The Balaban J connectivity index is 1.23. The molecule has 0 saturated heterocycles. The Morgan fingerprint density at radius 2 is 1.15 bits per heavy atom. The third-order valence-corrected chi connectivity index (χ3v) is 12.5. The Labute approximate surface area is 319 Å². The molecule has 262 valence electrons. The van der Waals surface area contributed by atoms with Gasteiger partial charge >= 0.3 is 0 Å². The molecule has 0 heterocycles. The number of benzene rings is 8. The van der Waals surface area contributed by atoms with Gasteiger partial charge in [-0.15, -0.1) is 0 Å².